The number of carbonyl (C=O) groups is 1. The number of esters is 1. The fourth-order valence-corrected chi connectivity index (χ4v) is 6.03. The predicted octanol–water partition coefficient (Wildman–Crippen LogP) is 0.586. The average Bonchev–Trinajstić information content (AvgIpc) is 3.15. The van der Waals surface area contributed by atoms with Gasteiger partial charge in [0.2, 0.25) is 17.5 Å². The van der Waals surface area contributed by atoms with Crippen LogP contribution in [0.2, 0.25) is 0 Å². The number of aliphatic hydroxyl groups is 5. The van der Waals surface area contributed by atoms with Crippen molar-refractivity contribution in [2.75, 3.05) is 13.7 Å². The molecule has 3 aromatic carbocycles. The summed E-state index contributed by atoms with van der Waals surface area (Å²) in [6.45, 7) is 0.722. The van der Waals surface area contributed by atoms with Crippen molar-refractivity contribution in [1.29, 1.82) is 0 Å². The summed E-state index contributed by atoms with van der Waals surface area (Å²) in [5, 5.41) is 94.1. The molecule has 0 bridgehead atoms. The first-order chi connectivity index (χ1) is 26.2. The lowest BCUT2D eigenvalue weighted by atomic mass is 9.97. The van der Waals surface area contributed by atoms with Crippen molar-refractivity contribution >= 4 is 23.0 Å². The zero-order valence-electron chi connectivity index (χ0n) is 29.0. The van der Waals surface area contributed by atoms with Crippen LogP contribution in [-0.2, 0) is 23.7 Å². The molecule has 294 valence electrons. The number of carbonyl (C=O) groups excluding carboxylic acids is 1. The summed E-state index contributed by atoms with van der Waals surface area (Å²) >= 11 is 0. The number of aromatic hydroxyl groups is 4. The van der Waals surface area contributed by atoms with Crippen LogP contribution in [-0.4, -0.2) is 127 Å². The van der Waals surface area contributed by atoms with Gasteiger partial charge in [0.25, 0.3) is 0 Å². The molecule has 9 N–H and O–H groups in total. The molecule has 3 heterocycles. The van der Waals surface area contributed by atoms with Gasteiger partial charge in [-0.3, -0.25) is 4.79 Å². The maximum Gasteiger partial charge on any atom is 0.330 e. The molecule has 2 fully saturated rings. The van der Waals surface area contributed by atoms with Crippen molar-refractivity contribution < 1.29 is 83.6 Å². The number of benzene rings is 3. The Morgan fingerprint density at radius 1 is 0.800 bits per heavy atom. The van der Waals surface area contributed by atoms with Crippen molar-refractivity contribution in [2.45, 2.75) is 68.3 Å². The molecular formula is C37H38O18. The zero-order valence-corrected chi connectivity index (χ0v) is 29.0. The fourth-order valence-electron chi connectivity index (χ4n) is 6.03. The SMILES string of the molecule is COc1cc(-c2oc3cc(O)cc(O)c3c(=O)c2O[C@@H]2O[C@@H](C)[C@H](O)[C@@H](O)[C@H]2O[C@@H]2O[C@H](COC(=O)/C=C/c3ccc(O)cc3)[C@@H](O)[C@H](O)[C@H]2O)ccc1O. The molecular weight excluding hydrogens is 732 g/mol. The molecule has 55 heavy (non-hydrogen) atoms. The van der Waals surface area contributed by atoms with E-state index in [0.717, 1.165) is 18.2 Å². The molecule has 0 unspecified atom stereocenters. The molecule has 4 aromatic rings. The molecule has 0 spiro atoms. The second-order valence-electron chi connectivity index (χ2n) is 12.8. The van der Waals surface area contributed by atoms with E-state index >= 15 is 0 Å². The summed E-state index contributed by atoms with van der Waals surface area (Å²) in [5.41, 5.74) is -0.617. The third kappa shape index (κ3) is 8.16. The van der Waals surface area contributed by atoms with Crippen molar-refractivity contribution in [3.63, 3.8) is 0 Å². The lowest BCUT2D eigenvalue weighted by Gasteiger charge is -2.45. The number of fused-ring (bicyclic) bond motifs is 1. The molecule has 2 aliphatic heterocycles. The number of phenolic OH excluding ortho intramolecular Hbond substituents is 4. The van der Waals surface area contributed by atoms with Crippen LogP contribution in [0.4, 0.5) is 0 Å². The largest absolute Gasteiger partial charge is 0.508 e. The number of aliphatic hydroxyl groups excluding tert-OH is 5. The summed E-state index contributed by atoms with van der Waals surface area (Å²) < 4.78 is 39.6. The van der Waals surface area contributed by atoms with Crippen molar-refractivity contribution in [3.8, 4) is 45.8 Å². The van der Waals surface area contributed by atoms with E-state index in [1.807, 2.05) is 0 Å². The van der Waals surface area contributed by atoms with Gasteiger partial charge in [0.1, 0.15) is 71.4 Å². The maximum absolute atomic E-state index is 14.0. The third-order valence-electron chi connectivity index (χ3n) is 9.03. The molecule has 0 aliphatic carbocycles. The number of ether oxygens (including phenoxy) is 6. The second kappa shape index (κ2) is 16.1. The van der Waals surface area contributed by atoms with Crippen LogP contribution in [0.15, 0.2) is 69.9 Å². The Morgan fingerprint density at radius 2 is 1.53 bits per heavy atom. The van der Waals surface area contributed by atoms with E-state index in [0.29, 0.717) is 5.56 Å². The Balaban J connectivity index is 1.29. The van der Waals surface area contributed by atoms with Gasteiger partial charge in [0, 0.05) is 23.8 Å². The molecule has 10 atom stereocenters. The van der Waals surface area contributed by atoms with Crippen molar-refractivity contribution in [1.82, 2.24) is 0 Å². The van der Waals surface area contributed by atoms with Crippen LogP contribution in [0, 0.1) is 0 Å². The maximum atomic E-state index is 14.0. The molecule has 0 saturated carbocycles. The van der Waals surface area contributed by atoms with Crippen LogP contribution in [0.3, 0.4) is 0 Å². The van der Waals surface area contributed by atoms with Crippen LogP contribution >= 0.6 is 0 Å². The van der Waals surface area contributed by atoms with Crippen molar-refractivity contribution in [3.05, 3.63) is 76.5 Å². The summed E-state index contributed by atoms with van der Waals surface area (Å²) in [6, 6.07) is 11.7. The Kier molecular flexibility index (Phi) is 11.5. The normalized spacial score (nSPS) is 28.3. The predicted molar refractivity (Wildman–Crippen MR) is 186 cm³/mol. The summed E-state index contributed by atoms with van der Waals surface area (Å²) in [6.07, 6.45) is -15.0. The monoisotopic (exact) mass is 770 g/mol. The van der Waals surface area contributed by atoms with Crippen LogP contribution in [0.5, 0.6) is 34.5 Å². The Morgan fingerprint density at radius 3 is 2.24 bits per heavy atom. The smallest absolute Gasteiger partial charge is 0.330 e. The molecule has 6 rings (SSSR count). The minimum absolute atomic E-state index is 0.0244. The molecule has 18 heteroatoms. The fraction of sp³-hybridized carbons (Fsp3) is 0.351. The quantitative estimate of drug-likeness (QED) is 0.0788. The van der Waals surface area contributed by atoms with Crippen LogP contribution < -0.4 is 14.9 Å². The van der Waals surface area contributed by atoms with Gasteiger partial charge in [-0.1, -0.05) is 12.1 Å². The van der Waals surface area contributed by atoms with Crippen LogP contribution in [0.1, 0.15) is 12.5 Å². The number of phenols is 4. The summed E-state index contributed by atoms with van der Waals surface area (Å²) in [4.78, 5) is 26.4. The molecule has 18 nitrogen and oxygen atoms in total. The number of rotatable bonds is 10. The van der Waals surface area contributed by atoms with Crippen LogP contribution in [0.25, 0.3) is 28.4 Å². The highest BCUT2D eigenvalue weighted by molar-refractivity contribution is 5.88. The first kappa shape index (κ1) is 39.3. The van der Waals surface area contributed by atoms with Gasteiger partial charge in [0.05, 0.1) is 13.2 Å². The van der Waals surface area contributed by atoms with E-state index in [-0.39, 0.29) is 34.2 Å². The molecule has 2 aliphatic rings. The Bertz CT molecular complexity index is 2100. The van der Waals surface area contributed by atoms with Gasteiger partial charge in [-0.25, -0.2) is 4.79 Å². The van der Waals surface area contributed by atoms with E-state index in [2.05, 4.69) is 0 Å². The van der Waals surface area contributed by atoms with Crippen molar-refractivity contribution in [2.24, 2.45) is 0 Å². The molecule has 0 radical (unpaired) electrons. The Hall–Kier alpha value is -5.44. The highest BCUT2D eigenvalue weighted by Crippen LogP contribution is 2.40. The summed E-state index contributed by atoms with van der Waals surface area (Å²) in [5.74, 6) is -3.24. The number of hydrogen-bond acceptors (Lipinski definition) is 18. The van der Waals surface area contributed by atoms with E-state index in [4.69, 9.17) is 32.8 Å². The van der Waals surface area contributed by atoms with Gasteiger partial charge in [-0.15, -0.1) is 0 Å². The zero-order chi connectivity index (χ0) is 39.7. The van der Waals surface area contributed by atoms with E-state index < -0.39 is 102 Å². The van der Waals surface area contributed by atoms with Gasteiger partial charge in [-0.2, -0.15) is 0 Å². The first-order valence-corrected chi connectivity index (χ1v) is 16.7. The minimum atomic E-state index is -1.99. The third-order valence-corrected chi connectivity index (χ3v) is 9.03. The lowest BCUT2D eigenvalue weighted by Crippen LogP contribution is -2.64. The molecule has 2 saturated heterocycles. The second-order valence-corrected chi connectivity index (χ2v) is 12.8. The first-order valence-electron chi connectivity index (χ1n) is 16.7. The van der Waals surface area contributed by atoms with E-state index in [1.54, 1.807) is 12.1 Å². The average molecular weight is 771 g/mol. The number of hydrogen-bond donors (Lipinski definition) is 9. The molecule has 1 aromatic heterocycles. The van der Waals surface area contributed by atoms with Gasteiger partial charge < -0.3 is 78.8 Å². The minimum Gasteiger partial charge on any atom is -0.508 e. The lowest BCUT2D eigenvalue weighted by molar-refractivity contribution is -0.355. The van der Waals surface area contributed by atoms with E-state index in [1.165, 1.54) is 50.4 Å². The van der Waals surface area contributed by atoms with Gasteiger partial charge >= 0.3 is 5.97 Å². The highest BCUT2D eigenvalue weighted by Gasteiger charge is 2.51. The standard InChI is InChI=1S/C37H38O18/c1-15-27(43)31(47)35(55-36-32(48)30(46)28(44)24(53-36)14-50-25(42)10-5-16-3-7-18(38)8-4-16)37(51-15)54-34-29(45)26-21(41)12-19(39)13-23(26)52-33(34)17-6-9-20(40)22(11-17)49-2/h3-13,15,24,27-28,30-32,35-41,43-44,46-48H,14H2,1-2H3/b10-5+/t15-,24+,27-,28+,30-,31+,32+,35+,36-,37-/m0/s1. The molecule has 0 amide bonds. The van der Waals surface area contributed by atoms with Gasteiger partial charge in [0.15, 0.2) is 29.7 Å². The Labute approximate surface area is 310 Å². The van der Waals surface area contributed by atoms with Gasteiger partial charge in [-0.05, 0) is 48.9 Å². The number of methoxy groups -OCH3 is 1. The summed E-state index contributed by atoms with van der Waals surface area (Å²) in [7, 11) is 1.28. The topological polar surface area (TPSA) is 285 Å². The van der Waals surface area contributed by atoms with E-state index in [9.17, 15) is 55.5 Å². The highest BCUT2D eigenvalue weighted by atomic mass is 16.8.